The summed E-state index contributed by atoms with van der Waals surface area (Å²) in [6.07, 6.45) is 4.24. The number of fused-ring (bicyclic) bond motifs is 1. The minimum atomic E-state index is 0.173. The number of aromatic amines is 1. The van der Waals surface area contributed by atoms with Gasteiger partial charge in [0.25, 0.3) is 5.91 Å². The van der Waals surface area contributed by atoms with Gasteiger partial charge in [-0.25, -0.2) is 0 Å². The van der Waals surface area contributed by atoms with Gasteiger partial charge in [-0.2, -0.15) is 0 Å². The number of benzene rings is 1. The van der Waals surface area contributed by atoms with Crippen LogP contribution in [0.25, 0.3) is 10.9 Å². The van der Waals surface area contributed by atoms with E-state index in [1.807, 2.05) is 35.4 Å². The lowest BCUT2D eigenvalue weighted by molar-refractivity contribution is 0.0685. The van der Waals surface area contributed by atoms with Crippen LogP contribution in [0.2, 0.25) is 0 Å². The lowest BCUT2D eigenvalue weighted by Gasteiger charge is -2.31. The van der Waals surface area contributed by atoms with Crippen molar-refractivity contribution in [2.75, 3.05) is 13.1 Å². The number of rotatable bonds is 1. The molecule has 1 amide bonds. The van der Waals surface area contributed by atoms with E-state index in [-0.39, 0.29) is 5.91 Å². The molecule has 1 aromatic carbocycles. The Morgan fingerprint density at radius 3 is 3.11 bits per heavy atom. The molecule has 2 heterocycles. The number of carbonyl (C=O) groups is 1. The summed E-state index contributed by atoms with van der Waals surface area (Å²) in [5.41, 5.74) is 1.86. The fourth-order valence-electron chi connectivity index (χ4n) is 2.82. The molecular weight excluding hydrogens is 224 g/mol. The molecule has 0 saturated carbocycles. The van der Waals surface area contributed by atoms with E-state index < -0.39 is 0 Å². The van der Waals surface area contributed by atoms with Gasteiger partial charge in [0.2, 0.25) is 0 Å². The van der Waals surface area contributed by atoms with Gasteiger partial charge in [-0.1, -0.05) is 13.0 Å². The molecule has 0 spiro atoms. The predicted octanol–water partition coefficient (Wildman–Crippen LogP) is 3.04. The van der Waals surface area contributed by atoms with Crippen molar-refractivity contribution in [3.05, 3.63) is 36.0 Å². The van der Waals surface area contributed by atoms with Crippen molar-refractivity contribution in [3.63, 3.8) is 0 Å². The van der Waals surface area contributed by atoms with Crippen LogP contribution in [0.3, 0.4) is 0 Å². The first-order valence-electron chi connectivity index (χ1n) is 6.61. The third kappa shape index (κ3) is 1.90. The lowest BCUT2D eigenvalue weighted by atomic mass is 9.99. The smallest absolute Gasteiger partial charge is 0.254 e. The zero-order valence-corrected chi connectivity index (χ0v) is 10.6. The Labute approximate surface area is 107 Å². The van der Waals surface area contributed by atoms with Crippen molar-refractivity contribution in [3.8, 4) is 0 Å². The third-order valence-corrected chi connectivity index (χ3v) is 3.77. The molecule has 3 rings (SSSR count). The van der Waals surface area contributed by atoms with Crippen LogP contribution in [-0.4, -0.2) is 28.9 Å². The maximum Gasteiger partial charge on any atom is 0.254 e. The van der Waals surface area contributed by atoms with E-state index in [4.69, 9.17) is 0 Å². The number of aromatic nitrogens is 1. The Kier molecular flexibility index (Phi) is 2.82. The largest absolute Gasteiger partial charge is 0.361 e. The summed E-state index contributed by atoms with van der Waals surface area (Å²) in [5, 5.41) is 1.03. The Hall–Kier alpha value is -1.77. The summed E-state index contributed by atoms with van der Waals surface area (Å²) in [6, 6.07) is 7.86. The van der Waals surface area contributed by atoms with Gasteiger partial charge < -0.3 is 9.88 Å². The molecule has 0 aliphatic carbocycles. The molecule has 1 atom stereocenters. The molecule has 1 aromatic heterocycles. The summed E-state index contributed by atoms with van der Waals surface area (Å²) in [5.74, 6) is 0.792. The lowest BCUT2D eigenvalue weighted by Crippen LogP contribution is -2.39. The fraction of sp³-hybridized carbons (Fsp3) is 0.400. The summed E-state index contributed by atoms with van der Waals surface area (Å²) >= 11 is 0. The normalized spacial score (nSPS) is 20.3. The van der Waals surface area contributed by atoms with E-state index in [9.17, 15) is 4.79 Å². The quantitative estimate of drug-likeness (QED) is 0.819. The number of H-pyrrole nitrogens is 1. The third-order valence-electron chi connectivity index (χ3n) is 3.77. The first kappa shape index (κ1) is 11.3. The van der Waals surface area contributed by atoms with Crippen molar-refractivity contribution < 1.29 is 4.79 Å². The van der Waals surface area contributed by atoms with Crippen LogP contribution in [0.1, 0.15) is 30.1 Å². The molecule has 1 unspecified atom stereocenters. The molecule has 3 nitrogen and oxygen atoms in total. The summed E-state index contributed by atoms with van der Waals surface area (Å²) < 4.78 is 0. The van der Waals surface area contributed by atoms with E-state index in [0.29, 0.717) is 5.92 Å². The molecule has 1 fully saturated rings. The molecular formula is C15H18N2O. The molecule has 1 saturated heterocycles. The molecule has 18 heavy (non-hydrogen) atoms. The van der Waals surface area contributed by atoms with E-state index >= 15 is 0 Å². The van der Waals surface area contributed by atoms with Gasteiger partial charge in [-0.3, -0.25) is 4.79 Å². The van der Waals surface area contributed by atoms with Gasteiger partial charge in [-0.05, 0) is 37.0 Å². The number of carbonyl (C=O) groups excluding carboxylic acids is 1. The maximum absolute atomic E-state index is 12.6. The maximum atomic E-state index is 12.6. The average Bonchev–Trinajstić information content (AvgIpc) is 2.86. The van der Waals surface area contributed by atoms with Crippen molar-refractivity contribution >= 4 is 16.8 Å². The van der Waals surface area contributed by atoms with Crippen molar-refractivity contribution in [1.82, 2.24) is 9.88 Å². The number of hydrogen-bond acceptors (Lipinski definition) is 1. The van der Waals surface area contributed by atoms with Crippen LogP contribution in [0.15, 0.2) is 30.5 Å². The molecule has 1 N–H and O–H groups in total. The monoisotopic (exact) mass is 242 g/mol. The molecule has 3 heteroatoms. The second-order valence-corrected chi connectivity index (χ2v) is 5.24. The highest BCUT2D eigenvalue weighted by molar-refractivity contribution is 6.06. The van der Waals surface area contributed by atoms with Gasteiger partial charge in [0.15, 0.2) is 0 Å². The minimum absolute atomic E-state index is 0.173. The average molecular weight is 242 g/mol. The Bertz CT molecular complexity index is 573. The molecule has 0 bridgehead atoms. The van der Waals surface area contributed by atoms with Gasteiger partial charge >= 0.3 is 0 Å². The van der Waals surface area contributed by atoms with E-state index in [0.717, 1.165) is 36.0 Å². The highest BCUT2D eigenvalue weighted by Crippen LogP contribution is 2.22. The van der Waals surface area contributed by atoms with Crippen LogP contribution >= 0.6 is 0 Å². The van der Waals surface area contributed by atoms with Gasteiger partial charge in [0.1, 0.15) is 0 Å². The summed E-state index contributed by atoms with van der Waals surface area (Å²) in [6.45, 7) is 4.00. The Morgan fingerprint density at radius 1 is 1.39 bits per heavy atom. The molecule has 1 aliphatic heterocycles. The van der Waals surface area contributed by atoms with Gasteiger partial charge in [0.05, 0.1) is 0 Å². The zero-order valence-electron chi connectivity index (χ0n) is 10.6. The van der Waals surface area contributed by atoms with Crippen LogP contribution in [0, 0.1) is 5.92 Å². The van der Waals surface area contributed by atoms with Crippen LogP contribution in [-0.2, 0) is 0 Å². The predicted molar refractivity (Wildman–Crippen MR) is 72.6 cm³/mol. The van der Waals surface area contributed by atoms with Crippen LogP contribution in [0.5, 0.6) is 0 Å². The Morgan fingerprint density at radius 2 is 2.28 bits per heavy atom. The van der Waals surface area contributed by atoms with Crippen LogP contribution < -0.4 is 0 Å². The van der Waals surface area contributed by atoms with E-state index in [2.05, 4.69) is 11.9 Å². The molecule has 0 radical (unpaired) electrons. The van der Waals surface area contributed by atoms with Crippen LogP contribution in [0.4, 0.5) is 0 Å². The van der Waals surface area contributed by atoms with Crippen molar-refractivity contribution in [2.45, 2.75) is 19.8 Å². The number of nitrogens with zero attached hydrogens (tertiary/aromatic N) is 1. The molecule has 94 valence electrons. The number of likely N-dealkylation sites (tertiary alicyclic amines) is 1. The van der Waals surface area contributed by atoms with Crippen molar-refractivity contribution in [2.24, 2.45) is 5.92 Å². The molecule has 2 aromatic rings. The number of nitrogens with one attached hydrogen (secondary N) is 1. The van der Waals surface area contributed by atoms with Gasteiger partial charge in [0, 0.05) is 35.8 Å². The second kappa shape index (κ2) is 4.48. The number of hydrogen-bond donors (Lipinski definition) is 1. The van der Waals surface area contributed by atoms with E-state index in [1.165, 1.54) is 6.42 Å². The number of amides is 1. The summed E-state index contributed by atoms with van der Waals surface area (Å²) in [7, 11) is 0. The summed E-state index contributed by atoms with van der Waals surface area (Å²) in [4.78, 5) is 17.7. The SMILES string of the molecule is CC1CCCN(C(=O)c2cccc3[nH]ccc23)C1. The fourth-order valence-corrected chi connectivity index (χ4v) is 2.82. The number of piperidine rings is 1. The zero-order chi connectivity index (χ0) is 12.5. The van der Waals surface area contributed by atoms with E-state index in [1.54, 1.807) is 0 Å². The first-order valence-corrected chi connectivity index (χ1v) is 6.61. The Balaban J connectivity index is 1.94. The van der Waals surface area contributed by atoms with Gasteiger partial charge in [-0.15, -0.1) is 0 Å². The second-order valence-electron chi connectivity index (χ2n) is 5.24. The minimum Gasteiger partial charge on any atom is -0.361 e. The first-order chi connectivity index (χ1) is 8.75. The topological polar surface area (TPSA) is 36.1 Å². The highest BCUT2D eigenvalue weighted by Gasteiger charge is 2.23. The highest BCUT2D eigenvalue weighted by atomic mass is 16.2. The standard InChI is InChI=1S/C15H18N2O/c1-11-4-3-9-17(10-11)15(18)13-5-2-6-14-12(13)7-8-16-14/h2,5-8,11,16H,3-4,9-10H2,1H3. The van der Waals surface area contributed by atoms with Crippen molar-refractivity contribution in [1.29, 1.82) is 0 Å². The molecule has 1 aliphatic rings.